The summed E-state index contributed by atoms with van der Waals surface area (Å²) in [6, 6.07) is 8.77. The third kappa shape index (κ3) is 2.70. The predicted molar refractivity (Wildman–Crippen MR) is 74.2 cm³/mol. The van der Waals surface area contributed by atoms with E-state index in [0.29, 0.717) is 0 Å². The molecule has 0 unspecified atom stereocenters. The summed E-state index contributed by atoms with van der Waals surface area (Å²) in [5.41, 5.74) is 2.78. The van der Waals surface area contributed by atoms with Gasteiger partial charge in [0.25, 0.3) is 0 Å². The van der Waals surface area contributed by atoms with E-state index in [0.717, 1.165) is 19.0 Å². The molecule has 1 N–H and O–H groups in total. The number of aromatic nitrogens is 1. The molecule has 0 aliphatic heterocycles. The number of para-hydroxylation sites is 1. The van der Waals surface area contributed by atoms with Crippen molar-refractivity contribution in [2.24, 2.45) is 5.92 Å². The molecular formula is C15H22N2. The fourth-order valence-corrected chi connectivity index (χ4v) is 2.26. The zero-order chi connectivity index (χ0) is 12.3. The maximum atomic E-state index is 3.24. The summed E-state index contributed by atoms with van der Waals surface area (Å²) in [4.78, 5) is 0. The van der Waals surface area contributed by atoms with Crippen molar-refractivity contribution in [2.75, 3.05) is 7.05 Å². The van der Waals surface area contributed by atoms with Crippen LogP contribution in [0.4, 0.5) is 0 Å². The van der Waals surface area contributed by atoms with E-state index >= 15 is 0 Å². The Labute approximate surface area is 104 Å². The fraction of sp³-hybridized carbons (Fsp3) is 0.467. The Morgan fingerprint density at radius 1 is 1.24 bits per heavy atom. The molecule has 0 saturated heterocycles. The zero-order valence-electron chi connectivity index (χ0n) is 11.0. The number of fused-ring (bicyclic) bond motifs is 1. The lowest BCUT2D eigenvalue weighted by molar-refractivity contribution is 0.524. The molecule has 0 spiro atoms. The van der Waals surface area contributed by atoms with Crippen LogP contribution in [0, 0.1) is 5.92 Å². The Bertz CT molecular complexity index is 483. The summed E-state index contributed by atoms with van der Waals surface area (Å²) < 4.78 is 2.39. The third-order valence-electron chi connectivity index (χ3n) is 3.19. The van der Waals surface area contributed by atoms with Crippen LogP contribution >= 0.6 is 0 Å². The average molecular weight is 230 g/mol. The van der Waals surface area contributed by atoms with Gasteiger partial charge in [-0.1, -0.05) is 32.0 Å². The molecule has 0 saturated carbocycles. The van der Waals surface area contributed by atoms with E-state index in [2.05, 4.69) is 54.2 Å². The summed E-state index contributed by atoms with van der Waals surface area (Å²) in [5.74, 6) is 0.754. The van der Waals surface area contributed by atoms with E-state index in [1.807, 2.05) is 7.05 Å². The number of nitrogens with one attached hydrogen (secondary N) is 1. The van der Waals surface area contributed by atoms with Gasteiger partial charge in [0, 0.05) is 19.3 Å². The largest absolute Gasteiger partial charge is 0.347 e. The Morgan fingerprint density at radius 2 is 2.06 bits per heavy atom. The summed E-state index contributed by atoms with van der Waals surface area (Å²) in [6.45, 7) is 6.60. The molecule has 17 heavy (non-hydrogen) atoms. The van der Waals surface area contributed by atoms with Crippen molar-refractivity contribution in [3.63, 3.8) is 0 Å². The molecule has 2 nitrogen and oxygen atoms in total. The number of benzene rings is 1. The highest BCUT2D eigenvalue weighted by Crippen LogP contribution is 2.21. The molecule has 0 radical (unpaired) electrons. The molecule has 92 valence electrons. The quantitative estimate of drug-likeness (QED) is 0.833. The molecule has 1 aromatic carbocycles. The lowest BCUT2D eigenvalue weighted by Crippen LogP contribution is -2.08. The molecule has 0 aliphatic rings. The fourth-order valence-electron chi connectivity index (χ4n) is 2.26. The van der Waals surface area contributed by atoms with Gasteiger partial charge < -0.3 is 9.88 Å². The molecule has 0 fully saturated rings. The second kappa shape index (κ2) is 5.37. The van der Waals surface area contributed by atoms with Crippen molar-refractivity contribution >= 4 is 10.9 Å². The van der Waals surface area contributed by atoms with Crippen molar-refractivity contribution < 1.29 is 0 Å². The van der Waals surface area contributed by atoms with Crippen LogP contribution in [0.2, 0.25) is 0 Å². The van der Waals surface area contributed by atoms with Gasteiger partial charge in [0.2, 0.25) is 0 Å². The molecule has 0 bridgehead atoms. The highest BCUT2D eigenvalue weighted by atomic mass is 15.0. The monoisotopic (exact) mass is 230 g/mol. The molecule has 0 aliphatic carbocycles. The molecular weight excluding hydrogens is 208 g/mol. The maximum absolute atomic E-state index is 3.24. The Hall–Kier alpha value is -1.28. The van der Waals surface area contributed by atoms with Gasteiger partial charge in [-0.3, -0.25) is 0 Å². The van der Waals surface area contributed by atoms with E-state index < -0.39 is 0 Å². The van der Waals surface area contributed by atoms with Gasteiger partial charge in [-0.15, -0.1) is 0 Å². The number of rotatable bonds is 5. The SMILES string of the molecule is CNCc1cccc2ccn(CCC(C)C)c12. The van der Waals surface area contributed by atoms with E-state index in [1.54, 1.807) is 0 Å². The second-order valence-electron chi connectivity index (χ2n) is 5.08. The van der Waals surface area contributed by atoms with Gasteiger partial charge in [0.15, 0.2) is 0 Å². The van der Waals surface area contributed by atoms with Crippen molar-refractivity contribution in [3.8, 4) is 0 Å². The van der Waals surface area contributed by atoms with Crippen molar-refractivity contribution in [1.29, 1.82) is 0 Å². The van der Waals surface area contributed by atoms with Gasteiger partial charge in [0.1, 0.15) is 0 Å². The number of hydrogen-bond donors (Lipinski definition) is 1. The summed E-state index contributed by atoms with van der Waals surface area (Å²) >= 11 is 0. The molecule has 0 amide bonds. The normalized spacial score (nSPS) is 11.5. The first-order valence-electron chi connectivity index (χ1n) is 6.43. The summed E-state index contributed by atoms with van der Waals surface area (Å²) in [5, 5.41) is 4.59. The maximum Gasteiger partial charge on any atom is 0.0525 e. The van der Waals surface area contributed by atoms with Crippen LogP contribution in [0.25, 0.3) is 10.9 Å². The minimum absolute atomic E-state index is 0.754. The lowest BCUT2D eigenvalue weighted by Gasteiger charge is -2.11. The zero-order valence-corrected chi connectivity index (χ0v) is 11.0. The van der Waals surface area contributed by atoms with Crippen molar-refractivity contribution in [1.82, 2.24) is 9.88 Å². The van der Waals surface area contributed by atoms with Gasteiger partial charge in [-0.05, 0) is 36.4 Å². The smallest absolute Gasteiger partial charge is 0.0525 e. The standard InChI is InChI=1S/C15H22N2/c1-12(2)7-9-17-10-8-13-5-4-6-14(11-16-3)15(13)17/h4-6,8,10,12,16H,7,9,11H2,1-3H3. The first-order valence-corrected chi connectivity index (χ1v) is 6.43. The predicted octanol–water partition coefficient (Wildman–Crippen LogP) is 3.41. The number of aryl methyl sites for hydroxylation is 1. The van der Waals surface area contributed by atoms with Crippen LogP contribution in [0.1, 0.15) is 25.8 Å². The first kappa shape index (κ1) is 12.2. The first-order chi connectivity index (χ1) is 8.22. The van der Waals surface area contributed by atoms with Gasteiger partial charge in [-0.25, -0.2) is 0 Å². The van der Waals surface area contributed by atoms with E-state index in [-0.39, 0.29) is 0 Å². The minimum Gasteiger partial charge on any atom is -0.347 e. The Balaban J connectivity index is 2.35. The van der Waals surface area contributed by atoms with E-state index in [9.17, 15) is 0 Å². The third-order valence-corrected chi connectivity index (χ3v) is 3.19. The van der Waals surface area contributed by atoms with Crippen LogP contribution in [0.3, 0.4) is 0 Å². The second-order valence-corrected chi connectivity index (χ2v) is 5.08. The average Bonchev–Trinajstić information content (AvgIpc) is 2.71. The van der Waals surface area contributed by atoms with E-state index in [1.165, 1.54) is 22.9 Å². The van der Waals surface area contributed by atoms with Crippen molar-refractivity contribution in [2.45, 2.75) is 33.4 Å². The molecule has 2 heteroatoms. The van der Waals surface area contributed by atoms with E-state index in [4.69, 9.17) is 0 Å². The van der Waals surface area contributed by atoms with Gasteiger partial charge >= 0.3 is 0 Å². The molecule has 2 rings (SSSR count). The lowest BCUT2D eigenvalue weighted by atomic mass is 10.1. The summed E-state index contributed by atoms with van der Waals surface area (Å²) in [6.07, 6.45) is 3.45. The molecule has 0 atom stereocenters. The van der Waals surface area contributed by atoms with Crippen LogP contribution < -0.4 is 5.32 Å². The van der Waals surface area contributed by atoms with Crippen LogP contribution in [0.15, 0.2) is 30.5 Å². The number of hydrogen-bond acceptors (Lipinski definition) is 1. The Kier molecular flexibility index (Phi) is 3.85. The van der Waals surface area contributed by atoms with Gasteiger partial charge in [0.05, 0.1) is 5.52 Å². The van der Waals surface area contributed by atoms with Crippen LogP contribution in [0.5, 0.6) is 0 Å². The Morgan fingerprint density at radius 3 is 2.76 bits per heavy atom. The highest BCUT2D eigenvalue weighted by Gasteiger charge is 2.06. The molecule has 2 aromatic rings. The number of nitrogens with zero attached hydrogens (tertiary/aromatic N) is 1. The topological polar surface area (TPSA) is 17.0 Å². The highest BCUT2D eigenvalue weighted by molar-refractivity contribution is 5.83. The van der Waals surface area contributed by atoms with Crippen molar-refractivity contribution in [3.05, 3.63) is 36.0 Å². The van der Waals surface area contributed by atoms with Crippen LogP contribution in [-0.4, -0.2) is 11.6 Å². The van der Waals surface area contributed by atoms with Crippen LogP contribution in [-0.2, 0) is 13.1 Å². The molecule has 1 heterocycles. The van der Waals surface area contributed by atoms with Gasteiger partial charge in [-0.2, -0.15) is 0 Å². The summed E-state index contributed by atoms with van der Waals surface area (Å²) in [7, 11) is 2.00. The minimum atomic E-state index is 0.754. The molecule has 1 aromatic heterocycles.